The van der Waals surface area contributed by atoms with E-state index in [1.54, 1.807) is 6.07 Å². The molecule has 1 aromatic carbocycles. The minimum absolute atomic E-state index is 0.186. The molecule has 3 rings (SSSR count). The maximum absolute atomic E-state index is 12.3. The van der Waals surface area contributed by atoms with Crippen LogP contribution in [0.3, 0.4) is 0 Å². The van der Waals surface area contributed by atoms with Gasteiger partial charge in [0.2, 0.25) is 0 Å². The maximum atomic E-state index is 12.3. The molecule has 0 saturated carbocycles. The van der Waals surface area contributed by atoms with Crippen molar-refractivity contribution < 1.29 is 29.6 Å². The van der Waals surface area contributed by atoms with Crippen LogP contribution < -0.4 is 9.47 Å². The summed E-state index contributed by atoms with van der Waals surface area (Å²) in [5.74, 6) is -0.482. The van der Waals surface area contributed by atoms with Crippen LogP contribution in [0, 0.1) is 5.92 Å². The van der Waals surface area contributed by atoms with Gasteiger partial charge in [-0.15, -0.1) is 0 Å². The molecule has 0 saturated heterocycles. The number of rotatable bonds is 7. The van der Waals surface area contributed by atoms with Gasteiger partial charge in [0.25, 0.3) is 0 Å². The van der Waals surface area contributed by atoms with Gasteiger partial charge < -0.3 is 24.8 Å². The SMILES string of the molecule is CCCCCc1cc(OC(=O)C(O)CO)c2c(c1)OC(C)(C)[C@@H]1CCC(C)=C[C@@]21O. The van der Waals surface area contributed by atoms with Crippen LogP contribution in [0.2, 0.25) is 0 Å². The molecule has 1 unspecified atom stereocenters. The molecule has 0 radical (unpaired) electrons. The Bertz CT molecular complexity index is 827. The van der Waals surface area contributed by atoms with E-state index in [0.29, 0.717) is 11.3 Å². The molecule has 1 aliphatic carbocycles. The van der Waals surface area contributed by atoms with E-state index in [-0.39, 0.29) is 11.7 Å². The first-order valence-electron chi connectivity index (χ1n) is 10.9. The Balaban J connectivity index is 2.14. The second-order valence-electron chi connectivity index (χ2n) is 9.16. The number of aryl methyl sites for hydroxylation is 1. The van der Waals surface area contributed by atoms with Gasteiger partial charge in [-0.1, -0.05) is 25.3 Å². The number of aliphatic hydroxyl groups excluding tert-OH is 2. The topological polar surface area (TPSA) is 96.2 Å². The van der Waals surface area contributed by atoms with Crippen molar-refractivity contribution in [1.82, 2.24) is 0 Å². The lowest BCUT2D eigenvalue weighted by Gasteiger charge is -2.51. The van der Waals surface area contributed by atoms with E-state index in [1.165, 1.54) is 0 Å². The van der Waals surface area contributed by atoms with Crippen molar-refractivity contribution in [2.75, 3.05) is 6.61 Å². The van der Waals surface area contributed by atoms with Crippen molar-refractivity contribution >= 4 is 5.97 Å². The number of hydrogen-bond acceptors (Lipinski definition) is 6. The maximum Gasteiger partial charge on any atom is 0.342 e. The average Bonchev–Trinajstić information content (AvgIpc) is 2.65. The molecule has 0 amide bonds. The first kappa shape index (κ1) is 22.8. The zero-order valence-corrected chi connectivity index (χ0v) is 18.4. The molecular weight excluding hydrogens is 384 g/mol. The van der Waals surface area contributed by atoms with Gasteiger partial charge in [-0.05, 0) is 70.2 Å². The molecule has 1 aliphatic heterocycles. The van der Waals surface area contributed by atoms with E-state index >= 15 is 0 Å². The molecule has 0 spiro atoms. The lowest BCUT2D eigenvalue weighted by molar-refractivity contribution is -0.146. The van der Waals surface area contributed by atoms with Crippen LogP contribution in [0.4, 0.5) is 0 Å². The first-order chi connectivity index (χ1) is 14.1. The zero-order chi connectivity index (χ0) is 22.1. The first-order valence-corrected chi connectivity index (χ1v) is 10.9. The van der Waals surface area contributed by atoms with Gasteiger partial charge >= 0.3 is 5.97 Å². The monoisotopic (exact) mass is 418 g/mol. The number of aliphatic hydroxyl groups is 3. The molecule has 0 aromatic heterocycles. The fourth-order valence-electron chi connectivity index (χ4n) is 4.79. The van der Waals surface area contributed by atoms with Crippen molar-refractivity contribution in [2.45, 2.75) is 83.5 Å². The Morgan fingerprint density at radius 2 is 2.07 bits per heavy atom. The molecule has 6 nitrogen and oxygen atoms in total. The molecule has 3 atom stereocenters. The van der Waals surface area contributed by atoms with Gasteiger partial charge in [-0.2, -0.15) is 0 Å². The molecule has 0 bridgehead atoms. The molecule has 30 heavy (non-hydrogen) atoms. The third-order valence-corrected chi connectivity index (χ3v) is 6.29. The van der Waals surface area contributed by atoms with Crippen molar-refractivity contribution in [3.05, 3.63) is 34.9 Å². The third kappa shape index (κ3) is 4.27. The standard InChI is InChI=1S/C24H34O6/c1-5-6-7-8-16-11-18(29-22(27)17(26)14-25)21-19(12-16)30-23(3,4)20-10-9-15(2)13-24(20,21)28/h11-13,17,20,25-26,28H,5-10,14H2,1-4H3/t17?,20-,24-/m0/s1. The number of unbranched alkanes of at least 4 members (excludes halogenated alkanes) is 2. The van der Waals surface area contributed by atoms with E-state index in [9.17, 15) is 15.0 Å². The van der Waals surface area contributed by atoms with Crippen LogP contribution >= 0.6 is 0 Å². The van der Waals surface area contributed by atoms with Crippen molar-refractivity contribution in [3.8, 4) is 11.5 Å². The van der Waals surface area contributed by atoms with Gasteiger partial charge in [-0.25, -0.2) is 4.79 Å². The van der Waals surface area contributed by atoms with Crippen molar-refractivity contribution in [3.63, 3.8) is 0 Å². The van der Waals surface area contributed by atoms with Crippen LogP contribution in [-0.2, 0) is 16.8 Å². The molecule has 2 aliphatic rings. The summed E-state index contributed by atoms with van der Waals surface area (Å²) >= 11 is 0. The summed E-state index contributed by atoms with van der Waals surface area (Å²) in [6.45, 7) is 7.34. The van der Waals surface area contributed by atoms with Gasteiger partial charge in [0.15, 0.2) is 6.10 Å². The minimum Gasteiger partial charge on any atom is -0.487 e. The van der Waals surface area contributed by atoms with Crippen LogP contribution in [0.5, 0.6) is 11.5 Å². The molecule has 1 aromatic rings. The smallest absolute Gasteiger partial charge is 0.342 e. The van der Waals surface area contributed by atoms with E-state index in [2.05, 4.69) is 6.92 Å². The summed E-state index contributed by atoms with van der Waals surface area (Å²) in [5, 5.41) is 30.7. The molecule has 0 fully saturated rings. The van der Waals surface area contributed by atoms with Crippen LogP contribution in [-0.4, -0.2) is 39.6 Å². The summed E-state index contributed by atoms with van der Waals surface area (Å²) in [7, 11) is 0. The lowest BCUT2D eigenvalue weighted by atomic mass is 9.64. The number of fused-ring (bicyclic) bond motifs is 3. The fraction of sp³-hybridized carbons (Fsp3) is 0.625. The number of allylic oxidation sites excluding steroid dienone is 1. The summed E-state index contributed by atoms with van der Waals surface area (Å²) in [6, 6.07) is 3.68. The average molecular weight is 419 g/mol. The summed E-state index contributed by atoms with van der Waals surface area (Å²) in [6.07, 6.45) is 5.76. The minimum atomic E-state index is -1.64. The predicted molar refractivity (Wildman–Crippen MR) is 113 cm³/mol. The molecular formula is C24H34O6. The highest BCUT2D eigenvalue weighted by Crippen LogP contribution is 2.56. The quantitative estimate of drug-likeness (QED) is 0.272. The summed E-state index contributed by atoms with van der Waals surface area (Å²) < 4.78 is 11.9. The van der Waals surface area contributed by atoms with Gasteiger partial charge in [0.05, 0.1) is 12.2 Å². The second-order valence-corrected chi connectivity index (χ2v) is 9.16. The lowest BCUT2D eigenvalue weighted by Crippen LogP contribution is -2.54. The van der Waals surface area contributed by atoms with Crippen molar-refractivity contribution in [1.29, 1.82) is 0 Å². The molecule has 3 N–H and O–H groups in total. The van der Waals surface area contributed by atoms with Gasteiger partial charge in [0.1, 0.15) is 22.7 Å². The van der Waals surface area contributed by atoms with E-state index in [4.69, 9.17) is 14.6 Å². The third-order valence-electron chi connectivity index (χ3n) is 6.29. The highest BCUT2D eigenvalue weighted by Gasteiger charge is 2.54. The van der Waals surface area contributed by atoms with Crippen LogP contribution in [0.25, 0.3) is 0 Å². The van der Waals surface area contributed by atoms with E-state index < -0.39 is 29.9 Å². The van der Waals surface area contributed by atoms with Crippen LogP contribution in [0.1, 0.15) is 70.9 Å². The number of hydrogen-bond donors (Lipinski definition) is 3. The second kappa shape index (κ2) is 8.69. The fourth-order valence-corrected chi connectivity index (χ4v) is 4.79. The Hall–Kier alpha value is -1.89. The van der Waals surface area contributed by atoms with Crippen LogP contribution in [0.15, 0.2) is 23.8 Å². The summed E-state index contributed by atoms with van der Waals surface area (Å²) in [4.78, 5) is 12.3. The zero-order valence-electron chi connectivity index (χ0n) is 18.4. The largest absolute Gasteiger partial charge is 0.487 e. The Kier molecular flexibility index (Phi) is 6.60. The molecule has 6 heteroatoms. The Labute approximate surface area is 178 Å². The van der Waals surface area contributed by atoms with Crippen molar-refractivity contribution in [2.24, 2.45) is 5.92 Å². The highest BCUT2D eigenvalue weighted by molar-refractivity contribution is 5.78. The number of esters is 1. The summed E-state index contributed by atoms with van der Waals surface area (Å²) in [5.41, 5.74) is 0.479. The predicted octanol–water partition coefficient (Wildman–Crippen LogP) is 3.39. The van der Waals surface area contributed by atoms with Gasteiger partial charge in [0, 0.05) is 5.92 Å². The molecule has 166 valence electrons. The number of ether oxygens (including phenoxy) is 2. The Morgan fingerprint density at radius 3 is 2.73 bits per heavy atom. The van der Waals surface area contributed by atoms with E-state index in [1.807, 2.05) is 32.9 Å². The van der Waals surface area contributed by atoms with E-state index in [0.717, 1.165) is 49.7 Å². The highest BCUT2D eigenvalue weighted by atomic mass is 16.6. The Morgan fingerprint density at radius 1 is 1.33 bits per heavy atom. The number of carbonyl (C=O) groups is 1. The molecule has 1 heterocycles. The van der Waals surface area contributed by atoms with Gasteiger partial charge in [-0.3, -0.25) is 0 Å². The number of carbonyl (C=O) groups excluding carboxylic acids is 1. The number of benzene rings is 1. The normalized spacial score (nSPS) is 25.4.